The van der Waals surface area contributed by atoms with Crippen molar-refractivity contribution in [1.82, 2.24) is 20.2 Å². The maximum absolute atomic E-state index is 12.7. The van der Waals surface area contributed by atoms with Crippen LogP contribution in [0.2, 0.25) is 0 Å². The minimum atomic E-state index is -3.69. The third-order valence-corrected chi connectivity index (χ3v) is 6.18. The van der Waals surface area contributed by atoms with E-state index in [0.29, 0.717) is 28.9 Å². The normalized spacial score (nSPS) is 11.6. The molecule has 3 rings (SSSR count). The lowest BCUT2D eigenvalue weighted by molar-refractivity contribution is -0.131. The van der Waals surface area contributed by atoms with Gasteiger partial charge in [-0.3, -0.25) is 10.0 Å². The molecule has 0 radical (unpaired) electrons. The summed E-state index contributed by atoms with van der Waals surface area (Å²) in [4.78, 5) is 20.0. The van der Waals surface area contributed by atoms with E-state index in [1.54, 1.807) is 69.4 Å². The average molecular weight is 501 g/mol. The van der Waals surface area contributed by atoms with E-state index in [0.717, 1.165) is 5.56 Å². The highest BCUT2D eigenvalue weighted by molar-refractivity contribution is 7.89. The van der Waals surface area contributed by atoms with Gasteiger partial charge in [0.2, 0.25) is 16.0 Å². The number of anilines is 4. The molecule has 0 fully saturated rings. The van der Waals surface area contributed by atoms with E-state index in [9.17, 15) is 13.2 Å². The number of rotatable bonds is 9. The molecule has 1 aromatic heterocycles. The summed E-state index contributed by atoms with van der Waals surface area (Å²) in [6.07, 6.45) is 1.64. The number of carbonyl (C=O) groups is 1. The maximum Gasteiger partial charge on any atom is 0.281 e. The van der Waals surface area contributed by atoms with E-state index in [4.69, 9.17) is 9.94 Å². The van der Waals surface area contributed by atoms with Crippen molar-refractivity contribution in [3.8, 4) is 5.75 Å². The molecule has 0 aliphatic rings. The van der Waals surface area contributed by atoms with Crippen molar-refractivity contribution < 1.29 is 23.2 Å². The Morgan fingerprint density at radius 1 is 1.06 bits per heavy atom. The van der Waals surface area contributed by atoms with E-state index < -0.39 is 21.5 Å². The van der Waals surface area contributed by atoms with Crippen molar-refractivity contribution >= 4 is 39.1 Å². The Balaban J connectivity index is 1.73. The summed E-state index contributed by atoms with van der Waals surface area (Å²) in [6, 6.07) is 13.2. The summed E-state index contributed by atoms with van der Waals surface area (Å²) in [5.41, 5.74) is 2.89. The quantitative estimate of drug-likeness (QED) is 0.220. The Hall–Kier alpha value is -3.74. The van der Waals surface area contributed by atoms with Gasteiger partial charge in [0.25, 0.3) is 5.91 Å². The molecule has 5 N–H and O–H groups in total. The zero-order valence-corrected chi connectivity index (χ0v) is 20.6. The first kappa shape index (κ1) is 25.9. The molecule has 0 saturated carbocycles. The van der Waals surface area contributed by atoms with Gasteiger partial charge in [0.1, 0.15) is 11.6 Å². The zero-order valence-electron chi connectivity index (χ0n) is 19.8. The number of sulfonamides is 1. The summed E-state index contributed by atoms with van der Waals surface area (Å²) >= 11 is 0. The average Bonchev–Trinajstić information content (AvgIpc) is 2.79. The van der Waals surface area contributed by atoms with Crippen molar-refractivity contribution in [1.29, 1.82) is 0 Å². The van der Waals surface area contributed by atoms with Crippen molar-refractivity contribution in [2.24, 2.45) is 0 Å². The molecule has 35 heavy (non-hydrogen) atoms. The third-order valence-electron chi connectivity index (χ3n) is 4.42. The minimum Gasteiger partial charge on any atom is -0.484 e. The number of aromatic nitrogens is 2. The van der Waals surface area contributed by atoms with Crippen LogP contribution in [-0.2, 0) is 14.8 Å². The molecule has 2 aromatic carbocycles. The lowest BCUT2D eigenvalue weighted by atomic mass is 10.1. The van der Waals surface area contributed by atoms with Crippen LogP contribution >= 0.6 is 0 Å². The Bertz CT molecular complexity index is 1290. The number of hydroxylamine groups is 1. The minimum absolute atomic E-state index is 0.140. The van der Waals surface area contributed by atoms with E-state index in [-0.39, 0.29) is 11.5 Å². The van der Waals surface area contributed by atoms with Crippen LogP contribution in [0.25, 0.3) is 0 Å². The Kier molecular flexibility index (Phi) is 7.89. The van der Waals surface area contributed by atoms with Crippen molar-refractivity contribution in [2.45, 2.75) is 38.1 Å². The van der Waals surface area contributed by atoms with Gasteiger partial charge in [-0.25, -0.2) is 23.6 Å². The number of benzene rings is 2. The lowest BCUT2D eigenvalue weighted by Gasteiger charge is -2.20. The van der Waals surface area contributed by atoms with Crippen LogP contribution < -0.4 is 25.6 Å². The molecular formula is C23H28N6O5S. The first-order chi connectivity index (χ1) is 16.4. The standard InChI is InChI=1S/C23H28N6O5S/c1-15-13-24-22(26-16-8-10-18(11-9-16)34-14-20(30)28-31)27-21(15)25-17-6-5-7-19(12-17)35(32,33)29-23(2,3)4/h5-13,29,31H,14H2,1-4H3,(H,28,30)(H2,24,25,26,27). The van der Waals surface area contributed by atoms with Crippen LogP contribution in [0.4, 0.5) is 23.1 Å². The van der Waals surface area contributed by atoms with Crippen LogP contribution in [0, 0.1) is 6.92 Å². The van der Waals surface area contributed by atoms with E-state index in [2.05, 4.69) is 25.3 Å². The van der Waals surface area contributed by atoms with Crippen LogP contribution in [0.15, 0.2) is 59.6 Å². The van der Waals surface area contributed by atoms with Crippen LogP contribution in [0.3, 0.4) is 0 Å². The lowest BCUT2D eigenvalue weighted by Crippen LogP contribution is -2.40. The summed E-state index contributed by atoms with van der Waals surface area (Å²) < 4.78 is 33.2. The molecular weight excluding hydrogens is 472 g/mol. The van der Waals surface area contributed by atoms with Crippen LogP contribution in [0.5, 0.6) is 5.75 Å². The molecule has 0 aliphatic carbocycles. The van der Waals surface area contributed by atoms with E-state index >= 15 is 0 Å². The molecule has 0 saturated heterocycles. The summed E-state index contributed by atoms with van der Waals surface area (Å²) in [5, 5.41) is 14.7. The number of hydrogen-bond donors (Lipinski definition) is 5. The van der Waals surface area contributed by atoms with Gasteiger partial charge >= 0.3 is 0 Å². The van der Waals surface area contributed by atoms with Gasteiger partial charge in [0, 0.05) is 28.7 Å². The highest BCUT2D eigenvalue weighted by atomic mass is 32.2. The molecule has 12 heteroatoms. The van der Waals surface area contributed by atoms with Gasteiger partial charge in [0.05, 0.1) is 4.90 Å². The first-order valence-electron chi connectivity index (χ1n) is 10.6. The van der Waals surface area contributed by atoms with Gasteiger partial charge in [-0.2, -0.15) is 4.98 Å². The Labute approximate surface area is 204 Å². The van der Waals surface area contributed by atoms with Crippen LogP contribution in [0.1, 0.15) is 26.3 Å². The van der Waals surface area contributed by atoms with Crippen molar-refractivity contribution in [3.05, 3.63) is 60.3 Å². The van der Waals surface area contributed by atoms with Gasteiger partial charge in [-0.15, -0.1) is 0 Å². The fraction of sp³-hybridized carbons (Fsp3) is 0.261. The molecule has 1 heterocycles. The first-order valence-corrected chi connectivity index (χ1v) is 12.1. The number of nitrogens with one attached hydrogen (secondary N) is 4. The predicted octanol–water partition coefficient (Wildman–Crippen LogP) is 3.23. The largest absolute Gasteiger partial charge is 0.484 e. The number of nitrogens with zero attached hydrogens (tertiary/aromatic N) is 2. The molecule has 1 amide bonds. The molecule has 0 bridgehead atoms. The third kappa shape index (κ3) is 7.64. The van der Waals surface area contributed by atoms with Crippen molar-refractivity contribution in [3.63, 3.8) is 0 Å². The summed E-state index contributed by atoms with van der Waals surface area (Å²) in [6.45, 7) is 6.86. The molecule has 0 aliphatic heterocycles. The number of ether oxygens (including phenoxy) is 1. The highest BCUT2D eigenvalue weighted by Crippen LogP contribution is 2.24. The molecule has 11 nitrogen and oxygen atoms in total. The second kappa shape index (κ2) is 10.7. The molecule has 0 atom stereocenters. The molecule has 0 unspecified atom stereocenters. The Morgan fingerprint density at radius 2 is 1.77 bits per heavy atom. The number of aryl methyl sites for hydroxylation is 1. The SMILES string of the molecule is Cc1cnc(Nc2ccc(OCC(=O)NO)cc2)nc1Nc1cccc(S(=O)(=O)NC(C)(C)C)c1. The van der Waals surface area contributed by atoms with Gasteiger partial charge in [-0.1, -0.05) is 6.07 Å². The summed E-state index contributed by atoms with van der Waals surface area (Å²) in [7, 11) is -3.69. The molecule has 3 aromatic rings. The van der Waals surface area contributed by atoms with Gasteiger partial charge in [0.15, 0.2) is 6.61 Å². The number of hydrogen-bond acceptors (Lipinski definition) is 9. The maximum atomic E-state index is 12.7. The number of amides is 1. The number of carbonyl (C=O) groups excluding carboxylic acids is 1. The monoisotopic (exact) mass is 500 g/mol. The second-order valence-corrected chi connectivity index (χ2v) is 10.4. The topological polar surface area (TPSA) is 155 Å². The zero-order chi connectivity index (χ0) is 25.6. The van der Waals surface area contributed by atoms with Crippen LogP contribution in [-0.4, -0.2) is 41.6 Å². The van der Waals surface area contributed by atoms with Crippen molar-refractivity contribution in [2.75, 3.05) is 17.2 Å². The molecule has 186 valence electrons. The van der Waals surface area contributed by atoms with E-state index in [1.807, 2.05) is 6.92 Å². The second-order valence-electron chi connectivity index (χ2n) is 8.71. The predicted molar refractivity (Wildman–Crippen MR) is 132 cm³/mol. The summed E-state index contributed by atoms with van der Waals surface area (Å²) in [5.74, 6) is 0.622. The van der Waals surface area contributed by atoms with Gasteiger partial charge < -0.3 is 15.4 Å². The fourth-order valence-corrected chi connectivity index (χ4v) is 4.38. The van der Waals surface area contributed by atoms with Gasteiger partial charge in [-0.05, 0) is 70.2 Å². The van der Waals surface area contributed by atoms with E-state index in [1.165, 1.54) is 11.5 Å². The molecule has 0 spiro atoms. The Morgan fingerprint density at radius 3 is 2.43 bits per heavy atom. The highest BCUT2D eigenvalue weighted by Gasteiger charge is 2.22. The smallest absolute Gasteiger partial charge is 0.281 e. The fourth-order valence-electron chi connectivity index (χ4n) is 2.91.